The van der Waals surface area contributed by atoms with E-state index in [4.69, 9.17) is 32.9 Å². The summed E-state index contributed by atoms with van der Waals surface area (Å²) in [6, 6.07) is 10.4. The molecule has 8 nitrogen and oxygen atoms in total. The van der Waals surface area contributed by atoms with Crippen LogP contribution in [0.15, 0.2) is 54.5 Å². The van der Waals surface area contributed by atoms with Crippen LogP contribution in [0.4, 0.5) is 5.69 Å². The van der Waals surface area contributed by atoms with Gasteiger partial charge in [0.05, 0.1) is 27.9 Å². The molecule has 0 heterocycles. The van der Waals surface area contributed by atoms with Crippen LogP contribution in [0.3, 0.4) is 0 Å². The van der Waals surface area contributed by atoms with Gasteiger partial charge in [0.25, 0.3) is 0 Å². The molecule has 0 atom stereocenters. The molecule has 182 valence electrons. The molecule has 0 bridgehead atoms. The van der Waals surface area contributed by atoms with E-state index in [1.54, 1.807) is 56.3 Å². The lowest BCUT2D eigenvalue weighted by Crippen LogP contribution is -2.43. The van der Waals surface area contributed by atoms with Crippen molar-refractivity contribution in [3.63, 3.8) is 0 Å². The van der Waals surface area contributed by atoms with Gasteiger partial charge in [-0.25, -0.2) is 10.8 Å². The molecule has 0 saturated carbocycles. The lowest BCUT2D eigenvalue weighted by Gasteiger charge is -2.29. The van der Waals surface area contributed by atoms with E-state index in [1.807, 2.05) is 13.8 Å². The summed E-state index contributed by atoms with van der Waals surface area (Å²) < 4.78 is 5.65. The van der Waals surface area contributed by atoms with Gasteiger partial charge in [0.1, 0.15) is 5.75 Å². The van der Waals surface area contributed by atoms with Gasteiger partial charge in [-0.3, -0.25) is 4.79 Å². The summed E-state index contributed by atoms with van der Waals surface area (Å²) in [5.74, 6) is 11.4. The van der Waals surface area contributed by atoms with Gasteiger partial charge in [-0.1, -0.05) is 43.0 Å². The molecule has 0 aliphatic carbocycles. The molecule has 0 radical (unpaired) electrons. The van der Waals surface area contributed by atoms with Gasteiger partial charge in [0, 0.05) is 23.2 Å². The summed E-state index contributed by atoms with van der Waals surface area (Å²) in [5.41, 5.74) is 1.63. The second kappa shape index (κ2) is 11.2. The number of nitrogens with two attached hydrogens (primary N) is 2. The van der Waals surface area contributed by atoms with E-state index in [-0.39, 0.29) is 18.5 Å². The lowest BCUT2D eigenvalue weighted by molar-refractivity contribution is -0.146. The number of ether oxygens (including phenoxy) is 1. The number of hydrogen-bond donors (Lipinski definition) is 3. The summed E-state index contributed by atoms with van der Waals surface area (Å²) in [6.45, 7) is 15.0. The van der Waals surface area contributed by atoms with Gasteiger partial charge in [0.15, 0.2) is 0 Å². The van der Waals surface area contributed by atoms with Gasteiger partial charge >= 0.3 is 5.97 Å². The van der Waals surface area contributed by atoms with E-state index in [9.17, 15) is 9.90 Å². The molecule has 0 fully saturated rings. The van der Waals surface area contributed by atoms with E-state index in [1.165, 1.54) is 5.01 Å². The van der Waals surface area contributed by atoms with E-state index < -0.39 is 11.4 Å². The summed E-state index contributed by atoms with van der Waals surface area (Å²) in [5, 5.41) is 11.2. The third kappa shape index (κ3) is 6.38. The maximum absolute atomic E-state index is 11.5. The molecule has 2 rings (SSSR count). The van der Waals surface area contributed by atoms with Crippen LogP contribution >= 0.6 is 11.6 Å². The maximum Gasteiger partial charge on any atom is 0.310 e. The molecule has 0 aliphatic rings. The molecule has 0 saturated heterocycles. The highest BCUT2D eigenvalue weighted by molar-refractivity contribution is 6.32. The third-order valence-electron chi connectivity index (χ3n) is 4.94. The summed E-state index contributed by atoms with van der Waals surface area (Å²) in [7, 11) is 0. The summed E-state index contributed by atoms with van der Waals surface area (Å²) >= 11 is 6.33. The van der Waals surface area contributed by atoms with Crippen LogP contribution in [-0.4, -0.2) is 29.6 Å². The molecule has 2 aromatic carbocycles. The standard InChI is InChI=1S/C25H31ClN4O4/c1-7-18-19(9-8-10-21(18)30(27)14-25(5,6)24(31)32)16(4)29-23(34-28)17-11-12-22(20(26)13-17)33-15(2)3/h7-13,15H,1,4,14,27-28H2,2-3,5-6H3,(H,31,32)/b29-23-. The van der Waals surface area contributed by atoms with Crippen LogP contribution in [0.1, 0.15) is 44.4 Å². The van der Waals surface area contributed by atoms with Gasteiger partial charge in [0.2, 0.25) is 5.90 Å². The van der Waals surface area contributed by atoms with E-state index in [0.717, 1.165) is 0 Å². The Morgan fingerprint density at radius 1 is 1.32 bits per heavy atom. The third-order valence-corrected chi connectivity index (χ3v) is 5.24. The fourth-order valence-electron chi connectivity index (χ4n) is 3.17. The molecule has 34 heavy (non-hydrogen) atoms. The monoisotopic (exact) mass is 486 g/mol. The number of aliphatic carboxylic acids is 1. The molecule has 9 heteroatoms. The number of benzene rings is 2. The van der Waals surface area contributed by atoms with Crippen molar-refractivity contribution < 1.29 is 19.5 Å². The minimum absolute atomic E-state index is 0.0326. The average Bonchev–Trinajstić information content (AvgIpc) is 2.77. The molecule has 0 amide bonds. The second-order valence-corrected chi connectivity index (χ2v) is 8.96. The number of carbonyl (C=O) groups is 1. The Kier molecular flexibility index (Phi) is 8.86. The summed E-state index contributed by atoms with van der Waals surface area (Å²) in [6.07, 6.45) is 1.58. The van der Waals surface area contributed by atoms with Gasteiger partial charge in [-0.05, 0) is 52.0 Å². The first-order valence-corrected chi connectivity index (χ1v) is 10.9. The first kappa shape index (κ1) is 26.9. The molecule has 0 aliphatic heterocycles. The van der Waals surface area contributed by atoms with Crippen molar-refractivity contribution in [2.24, 2.45) is 22.1 Å². The fraction of sp³-hybridized carbons (Fsp3) is 0.280. The molecular formula is C25H31ClN4O4. The number of anilines is 1. The number of nitrogens with zero attached hydrogens (tertiary/aromatic N) is 2. The number of carboxylic acids is 1. The van der Waals surface area contributed by atoms with Crippen LogP contribution in [0, 0.1) is 5.41 Å². The number of carboxylic acid groups (broad SMARTS) is 1. The number of hydrogen-bond acceptors (Lipinski definition) is 7. The van der Waals surface area contributed by atoms with Crippen LogP contribution in [0.25, 0.3) is 11.8 Å². The van der Waals surface area contributed by atoms with E-state index >= 15 is 0 Å². The predicted octanol–water partition coefficient (Wildman–Crippen LogP) is 4.87. The lowest BCUT2D eigenvalue weighted by atomic mass is 9.93. The van der Waals surface area contributed by atoms with Crippen molar-refractivity contribution in [3.05, 3.63) is 71.3 Å². The van der Waals surface area contributed by atoms with Crippen molar-refractivity contribution in [1.29, 1.82) is 0 Å². The van der Waals surface area contributed by atoms with Crippen molar-refractivity contribution in [2.45, 2.75) is 33.8 Å². The predicted molar refractivity (Wildman–Crippen MR) is 138 cm³/mol. The molecule has 0 spiro atoms. The van der Waals surface area contributed by atoms with Crippen molar-refractivity contribution in [3.8, 4) is 5.75 Å². The number of rotatable bonds is 10. The zero-order chi connectivity index (χ0) is 25.6. The Balaban J connectivity index is 2.43. The zero-order valence-corrected chi connectivity index (χ0v) is 20.6. The zero-order valence-electron chi connectivity index (χ0n) is 19.8. The Labute approximate surface area is 205 Å². The van der Waals surface area contributed by atoms with Crippen molar-refractivity contribution in [1.82, 2.24) is 0 Å². The van der Waals surface area contributed by atoms with Crippen LogP contribution in [-0.2, 0) is 9.63 Å². The minimum Gasteiger partial charge on any atom is -0.489 e. The number of hydrazine groups is 1. The van der Waals surface area contributed by atoms with Gasteiger partial charge in [-0.2, -0.15) is 5.90 Å². The average molecular weight is 487 g/mol. The van der Waals surface area contributed by atoms with Crippen molar-refractivity contribution >= 4 is 40.9 Å². The largest absolute Gasteiger partial charge is 0.489 e. The van der Waals surface area contributed by atoms with Gasteiger partial charge in [-0.15, -0.1) is 0 Å². The quantitative estimate of drug-likeness (QED) is 0.189. The SMILES string of the molecule is C=Cc1c(C(=C)/N=C(\ON)c2ccc(OC(C)C)c(Cl)c2)cccc1N(N)CC(C)(C)C(=O)O. The molecular weight excluding hydrogens is 456 g/mol. The second-order valence-electron chi connectivity index (χ2n) is 8.55. The maximum atomic E-state index is 11.5. The Morgan fingerprint density at radius 2 is 2.00 bits per heavy atom. The van der Waals surface area contributed by atoms with E-state index in [2.05, 4.69) is 18.2 Å². The molecule has 5 N–H and O–H groups in total. The Morgan fingerprint density at radius 3 is 2.53 bits per heavy atom. The topological polar surface area (TPSA) is 123 Å². The van der Waals surface area contributed by atoms with Crippen LogP contribution in [0.2, 0.25) is 5.02 Å². The normalized spacial score (nSPS) is 11.8. The van der Waals surface area contributed by atoms with Gasteiger partial charge < -0.3 is 19.7 Å². The minimum atomic E-state index is -1.07. The number of halogens is 1. The smallest absolute Gasteiger partial charge is 0.310 e. The van der Waals surface area contributed by atoms with Crippen molar-refractivity contribution in [2.75, 3.05) is 11.6 Å². The Hall–Kier alpha value is -3.33. The fourth-order valence-corrected chi connectivity index (χ4v) is 3.40. The van der Waals surface area contributed by atoms with E-state index in [0.29, 0.717) is 38.8 Å². The first-order valence-electron chi connectivity index (χ1n) is 10.5. The Bertz CT molecular complexity index is 1110. The molecule has 2 aromatic rings. The highest BCUT2D eigenvalue weighted by atomic mass is 35.5. The van der Waals surface area contributed by atoms with Crippen LogP contribution in [0.5, 0.6) is 5.75 Å². The molecule has 0 unspecified atom stereocenters. The first-order chi connectivity index (χ1) is 15.9. The highest BCUT2D eigenvalue weighted by Gasteiger charge is 2.30. The highest BCUT2D eigenvalue weighted by Crippen LogP contribution is 2.31. The summed E-state index contributed by atoms with van der Waals surface area (Å²) in [4.78, 5) is 21.0. The van der Waals surface area contributed by atoms with Crippen LogP contribution < -0.4 is 21.5 Å². The molecule has 0 aromatic heterocycles. The number of aliphatic imine (C=N–C) groups is 1.